The van der Waals surface area contributed by atoms with E-state index in [1.807, 2.05) is 12.1 Å². The predicted molar refractivity (Wildman–Crippen MR) is 113 cm³/mol. The normalized spacial score (nSPS) is 10.7. The molecular formula is C21H16FN5O5. The number of halogens is 1. The lowest BCUT2D eigenvalue weighted by Gasteiger charge is -2.11. The van der Waals surface area contributed by atoms with Crippen LogP contribution < -0.4 is 10.1 Å². The van der Waals surface area contributed by atoms with Gasteiger partial charge in [0.1, 0.15) is 11.6 Å². The fraction of sp³-hybridized carbons (Fsp3) is 0.0952. The number of benzene rings is 2. The van der Waals surface area contributed by atoms with E-state index in [1.54, 1.807) is 29.0 Å². The van der Waals surface area contributed by atoms with E-state index < -0.39 is 22.4 Å². The molecule has 0 atom stereocenters. The average molecular weight is 437 g/mol. The maximum atomic E-state index is 13.9. The second kappa shape index (κ2) is 8.30. The number of ether oxygens (including phenoxy) is 2. The molecule has 0 saturated carbocycles. The standard InChI is InChI=1S/C21H16FN5O5/c1-31-18-9-14(22)17(27(29)30)10-15(18)24-21-23-8-7-19(25-21)26-11-13(20(28)32-2)12-5-3-4-6-16(12)26/h3-11H,1-2H3,(H,23,24,25). The van der Waals surface area contributed by atoms with Crippen molar-refractivity contribution in [2.24, 2.45) is 0 Å². The van der Waals surface area contributed by atoms with Crippen LogP contribution in [0.3, 0.4) is 0 Å². The molecule has 0 fully saturated rings. The van der Waals surface area contributed by atoms with Crippen molar-refractivity contribution >= 4 is 34.2 Å². The number of anilines is 2. The van der Waals surface area contributed by atoms with Gasteiger partial charge in [0, 0.05) is 29.9 Å². The number of nitrogens with zero attached hydrogens (tertiary/aromatic N) is 4. The third kappa shape index (κ3) is 3.67. The lowest BCUT2D eigenvalue weighted by molar-refractivity contribution is -0.387. The molecule has 162 valence electrons. The summed E-state index contributed by atoms with van der Waals surface area (Å²) in [6, 6.07) is 10.8. The first-order chi connectivity index (χ1) is 15.4. The van der Waals surface area contributed by atoms with E-state index in [1.165, 1.54) is 20.4 Å². The molecule has 2 aromatic heterocycles. The van der Waals surface area contributed by atoms with Crippen molar-refractivity contribution in [3.05, 3.63) is 76.4 Å². The number of fused-ring (bicyclic) bond motifs is 1. The molecule has 32 heavy (non-hydrogen) atoms. The van der Waals surface area contributed by atoms with Crippen LogP contribution in [0.5, 0.6) is 5.75 Å². The maximum absolute atomic E-state index is 13.9. The Morgan fingerprint density at radius 1 is 1.22 bits per heavy atom. The first-order valence-electron chi connectivity index (χ1n) is 9.23. The van der Waals surface area contributed by atoms with E-state index in [9.17, 15) is 19.3 Å². The molecule has 11 heteroatoms. The van der Waals surface area contributed by atoms with E-state index in [0.29, 0.717) is 22.3 Å². The number of aromatic nitrogens is 3. The van der Waals surface area contributed by atoms with Crippen molar-refractivity contribution in [1.29, 1.82) is 0 Å². The Morgan fingerprint density at radius 2 is 2.00 bits per heavy atom. The van der Waals surface area contributed by atoms with E-state index in [0.717, 1.165) is 12.1 Å². The number of methoxy groups -OCH3 is 2. The minimum atomic E-state index is -1.03. The van der Waals surface area contributed by atoms with Crippen molar-refractivity contribution in [2.45, 2.75) is 0 Å². The molecule has 4 rings (SSSR count). The van der Waals surface area contributed by atoms with Crippen LogP contribution in [-0.2, 0) is 4.74 Å². The van der Waals surface area contributed by atoms with Gasteiger partial charge in [0.25, 0.3) is 0 Å². The van der Waals surface area contributed by atoms with Crippen LogP contribution >= 0.6 is 0 Å². The summed E-state index contributed by atoms with van der Waals surface area (Å²) in [5.41, 5.74) is 0.480. The number of nitro benzene ring substituents is 1. The molecule has 0 aliphatic heterocycles. The Balaban J connectivity index is 1.77. The van der Waals surface area contributed by atoms with Crippen LogP contribution in [0.2, 0.25) is 0 Å². The molecule has 0 unspecified atom stereocenters. The summed E-state index contributed by atoms with van der Waals surface area (Å²) in [5.74, 6) is -0.970. The van der Waals surface area contributed by atoms with Gasteiger partial charge < -0.3 is 19.4 Å². The van der Waals surface area contributed by atoms with Crippen molar-refractivity contribution < 1.29 is 23.6 Å². The first-order valence-corrected chi connectivity index (χ1v) is 9.23. The minimum Gasteiger partial charge on any atom is -0.494 e. The van der Waals surface area contributed by atoms with Gasteiger partial charge in [0.15, 0.2) is 0 Å². The Kier molecular flexibility index (Phi) is 5.37. The summed E-state index contributed by atoms with van der Waals surface area (Å²) in [4.78, 5) is 31.0. The van der Waals surface area contributed by atoms with Gasteiger partial charge in [-0.1, -0.05) is 18.2 Å². The highest BCUT2D eigenvalue weighted by Gasteiger charge is 2.20. The van der Waals surface area contributed by atoms with Crippen molar-refractivity contribution in [1.82, 2.24) is 14.5 Å². The predicted octanol–water partition coefficient (Wildman–Crippen LogP) is 4.01. The van der Waals surface area contributed by atoms with Gasteiger partial charge in [-0.05, 0) is 12.1 Å². The van der Waals surface area contributed by atoms with E-state index in [2.05, 4.69) is 15.3 Å². The van der Waals surface area contributed by atoms with Crippen LogP contribution in [0.1, 0.15) is 10.4 Å². The zero-order valence-electron chi connectivity index (χ0n) is 16.9. The van der Waals surface area contributed by atoms with Crippen molar-refractivity contribution in [2.75, 3.05) is 19.5 Å². The van der Waals surface area contributed by atoms with Gasteiger partial charge in [-0.15, -0.1) is 0 Å². The first kappa shape index (κ1) is 20.7. The number of carbonyl (C=O) groups excluding carboxylic acids is 1. The topological polar surface area (TPSA) is 121 Å². The summed E-state index contributed by atoms with van der Waals surface area (Å²) in [7, 11) is 2.61. The molecule has 2 aromatic carbocycles. The fourth-order valence-electron chi connectivity index (χ4n) is 3.26. The Hall–Kier alpha value is -4.54. The van der Waals surface area contributed by atoms with Gasteiger partial charge >= 0.3 is 11.7 Å². The van der Waals surface area contributed by atoms with E-state index in [-0.39, 0.29) is 17.4 Å². The number of nitrogens with one attached hydrogen (secondary N) is 1. The summed E-state index contributed by atoms with van der Waals surface area (Å²) < 4.78 is 25.6. The molecule has 0 saturated heterocycles. The zero-order chi connectivity index (χ0) is 22.8. The number of carbonyl (C=O) groups is 1. The van der Waals surface area contributed by atoms with Crippen LogP contribution in [-0.4, -0.2) is 39.6 Å². The van der Waals surface area contributed by atoms with Gasteiger partial charge in [-0.25, -0.2) is 9.78 Å². The molecule has 0 aliphatic rings. The molecule has 0 aliphatic carbocycles. The fourth-order valence-corrected chi connectivity index (χ4v) is 3.26. The summed E-state index contributed by atoms with van der Waals surface area (Å²) in [6.07, 6.45) is 3.08. The van der Waals surface area contributed by atoms with Crippen LogP contribution in [0, 0.1) is 15.9 Å². The molecule has 0 amide bonds. The molecule has 10 nitrogen and oxygen atoms in total. The van der Waals surface area contributed by atoms with Crippen molar-refractivity contribution in [3.63, 3.8) is 0 Å². The number of hydrogen-bond acceptors (Lipinski definition) is 8. The Labute approximate surface area is 180 Å². The van der Waals surface area contributed by atoms with Gasteiger partial charge in [-0.2, -0.15) is 9.37 Å². The lowest BCUT2D eigenvalue weighted by Crippen LogP contribution is -2.04. The quantitative estimate of drug-likeness (QED) is 0.273. The third-order valence-corrected chi connectivity index (χ3v) is 4.72. The summed E-state index contributed by atoms with van der Waals surface area (Å²) in [5, 5.41) is 14.6. The third-order valence-electron chi connectivity index (χ3n) is 4.72. The number of esters is 1. The lowest BCUT2D eigenvalue weighted by atomic mass is 10.2. The van der Waals surface area contributed by atoms with Crippen LogP contribution in [0.25, 0.3) is 16.7 Å². The molecule has 1 N–H and O–H groups in total. The number of hydrogen-bond donors (Lipinski definition) is 1. The highest BCUT2D eigenvalue weighted by molar-refractivity contribution is 6.04. The Morgan fingerprint density at radius 3 is 2.72 bits per heavy atom. The van der Waals surface area contributed by atoms with Crippen molar-refractivity contribution in [3.8, 4) is 11.6 Å². The molecule has 4 aromatic rings. The zero-order valence-corrected chi connectivity index (χ0v) is 16.9. The monoisotopic (exact) mass is 437 g/mol. The van der Waals surface area contributed by atoms with Gasteiger partial charge in [-0.3, -0.25) is 10.1 Å². The van der Waals surface area contributed by atoms with E-state index >= 15 is 0 Å². The molecule has 2 heterocycles. The smallest absolute Gasteiger partial charge is 0.340 e. The minimum absolute atomic E-state index is 0.0431. The SMILES string of the molecule is COC(=O)c1cn(-c2ccnc(Nc3cc([N+](=O)[O-])c(F)cc3OC)n2)c2ccccc12. The summed E-state index contributed by atoms with van der Waals surface area (Å²) in [6.45, 7) is 0. The number of para-hydroxylation sites is 1. The molecule has 0 spiro atoms. The van der Waals surface area contributed by atoms with E-state index in [4.69, 9.17) is 9.47 Å². The molecule has 0 bridgehead atoms. The van der Waals surface area contributed by atoms with Crippen LogP contribution in [0.15, 0.2) is 54.9 Å². The largest absolute Gasteiger partial charge is 0.494 e. The Bertz CT molecular complexity index is 1350. The van der Waals surface area contributed by atoms with Gasteiger partial charge in [0.2, 0.25) is 11.8 Å². The average Bonchev–Trinajstić information content (AvgIpc) is 3.19. The second-order valence-corrected chi connectivity index (χ2v) is 6.55. The number of nitro groups is 1. The summed E-state index contributed by atoms with van der Waals surface area (Å²) >= 11 is 0. The second-order valence-electron chi connectivity index (χ2n) is 6.55. The maximum Gasteiger partial charge on any atom is 0.340 e. The highest BCUT2D eigenvalue weighted by Crippen LogP contribution is 2.33. The molecular weight excluding hydrogens is 421 g/mol. The molecule has 0 radical (unpaired) electrons. The van der Waals surface area contributed by atoms with Gasteiger partial charge in [0.05, 0.1) is 35.9 Å². The number of rotatable bonds is 6. The highest BCUT2D eigenvalue weighted by atomic mass is 19.1. The van der Waals surface area contributed by atoms with Crippen LogP contribution in [0.4, 0.5) is 21.7 Å².